The number of aryl methyl sites for hydroxylation is 1. The number of hydrogen-bond donors (Lipinski definition) is 1. The molecule has 2 aromatic heterocycles. The van der Waals surface area contributed by atoms with Crippen molar-refractivity contribution < 1.29 is 16.8 Å². The lowest BCUT2D eigenvalue weighted by Gasteiger charge is -2.15. The van der Waals surface area contributed by atoms with Crippen LogP contribution in [0.25, 0.3) is 22.2 Å². The number of anilines is 1. The molecule has 0 saturated heterocycles. The van der Waals surface area contributed by atoms with Crippen LogP contribution in [0.1, 0.15) is 11.1 Å². The van der Waals surface area contributed by atoms with Crippen molar-refractivity contribution in [1.29, 1.82) is 0 Å². The molecule has 11 heteroatoms. The minimum absolute atomic E-state index is 0.00348. The lowest BCUT2D eigenvalue weighted by molar-refractivity contribution is 0.596. The molecule has 0 aliphatic rings. The van der Waals surface area contributed by atoms with E-state index < -0.39 is 19.9 Å². The van der Waals surface area contributed by atoms with E-state index in [2.05, 4.69) is 4.72 Å². The number of hydrogen-bond acceptors (Lipinski definition) is 6. The number of fused-ring (bicyclic) bond motifs is 2. The zero-order valence-corrected chi connectivity index (χ0v) is 24.1. The van der Waals surface area contributed by atoms with Crippen molar-refractivity contribution in [3.8, 4) is 0 Å². The summed E-state index contributed by atoms with van der Waals surface area (Å²) < 4.78 is 60.1. The Balaban J connectivity index is 1.69. The highest BCUT2D eigenvalue weighted by Crippen LogP contribution is 2.38. The molecule has 0 fully saturated rings. The molecular formula is C30H23ClN4O4S2. The number of sulfonamides is 1. The Kier molecular flexibility index (Phi) is 6.77. The molecule has 0 bridgehead atoms. The lowest BCUT2D eigenvalue weighted by atomic mass is 10.2. The van der Waals surface area contributed by atoms with Gasteiger partial charge in [0.15, 0.2) is 5.65 Å². The number of halogens is 1. The highest BCUT2D eigenvalue weighted by molar-refractivity contribution is 7.93. The molecule has 0 unspecified atom stereocenters. The van der Waals surface area contributed by atoms with Crippen molar-refractivity contribution in [3.05, 3.63) is 119 Å². The molecule has 2 heterocycles. The number of aromatic nitrogens is 3. The summed E-state index contributed by atoms with van der Waals surface area (Å²) >= 11 is 5.99. The second kappa shape index (κ2) is 10.3. The molecule has 0 aliphatic heterocycles. The molecule has 206 valence electrons. The van der Waals surface area contributed by atoms with E-state index in [9.17, 15) is 16.8 Å². The third-order valence-electron chi connectivity index (χ3n) is 6.65. The average Bonchev–Trinajstić information content (AvgIpc) is 3.24. The molecular weight excluding hydrogens is 580 g/mol. The van der Waals surface area contributed by atoms with E-state index in [1.165, 1.54) is 36.4 Å². The fourth-order valence-corrected chi connectivity index (χ4v) is 7.39. The van der Waals surface area contributed by atoms with Crippen LogP contribution in [0, 0.1) is 6.92 Å². The first-order valence-corrected chi connectivity index (χ1v) is 15.9. The summed E-state index contributed by atoms with van der Waals surface area (Å²) in [5, 5.41) is 0.366. The van der Waals surface area contributed by atoms with Crippen molar-refractivity contribution in [1.82, 2.24) is 14.5 Å². The summed E-state index contributed by atoms with van der Waals surface area (Å²) in [5.41, 5.74) is 3.00. The van der Waals surface area contributed by atoms with Gasteiger partial charge < -0.3 is 4.57 Å². The Bertz CT molecular complexity index is 2130. The van der Waals surface area contributed by atoms with E-state index in [1.54, 1.807) is 41.0 Å². The summed E-state index contributed by atoms with van der Waals surface area (Å²) in [4.78, 5) is 9.13. The van der Waals surface area contributed by atoms with E-state index in [0.717, 1.165) is 11.1 Å². The first-order chi connectivity index (χ1) is 19.6. The van der Waals surface area contributed by atoms with E-state index >= 15 is 0 Å². The van der Waals surface area contributed by atoms with Crippen LogP contribution in [0.5, 0.6) is 0 Å². The highest BCUT2D eigenvalue weighted by Gasteiger charge is 2.34. The Hall–Kier alpha value is -4.25. The van der Waals surface area contributed by atoms with Crippen molar-refractivity contribution in [3.63, 3.8) is 0 Å². The van der Waals surface area contributed by atoms with Gasteiger partial charge in [0.05, 0.1) is 27.4 Å². The first kappa shape index (κ1) is 26.9. The predicted octanol–water partition coefficient (Wildman–Crippen LogP) is 6.23. The van der Waals surface area contributed by atoms with Gasteiger partial charge >= 0.3 is 0 Å². The van der Waals surface area contributed by atoms with Crippen molar-refractivity contribution in [2.24, 2.45) is 0 Å². The second-order valence-electron chi connectivity index (χ2n) is 9.51. The van der Waals surface area contributed by atoms with Crippen molar-refractivity contribution >= 4 is 59.5 Å². The van der Waals surface area contributed by atoms with Gasteiger partial charge in [-0.15, -0.1) is 0 Å². The molecule has 0 radical (unpaired) electrons. The molecule has 8 nitrogen and oxygen atoms in total. The third-order valence-corrected chi connectivity index (χ3v) is 10.1. The summed E-state index contributed by atoms with van der Waals surface area (Å²) in [6.45, 7) is 1.98. The van der Waals surface area contributed by atoms with Crippen molar-refractivity contribution in [2.75, 3.05) is 4.72 Å². The van der Waals surface area contributed by atoms with Gasteiger partial charge in [-0.1, -0.05) is 71.8 Å². The van der Waals surface area contributed by atoms with Crippen LogP contribution in [0.4, 0.5) is 5.82 Å². The lowest BCUT2D eigenvalue weighted by Crippen LogP contribution is -2.18. The summed E-state index contributed by atoms with van der Waals surface area (Å²) in [5.74, 6) is -0.158. The standard InChI is InChI=1S/C30H23ClN4O4S2/c1-20-11-15-23(16-12-20)40(36,37)28-27-29(33-26-10-6-5-9-25(26)32-27)35(19-21-7-3-2-4-8-21)30(28)34-41(38,39)24-17-13-22(31)14-18-24/h2-18,34H,19H2,1H3. The van der Waals surface area contributed by atoms with Gasteiger partial charge in [-0.3, -0.25) is 4.72 Å². The Labute approximate surface area is 242 Å². The van der Waals surface area contributed by atoms with Gasteiger partial charge in [-0.2, -0.15) is 0 Å². The molecule has 0 atom stereocenters. The molecule has 6 rings (SSSR count). The normalized spacial score (nSPS) is 12.1. The van der Waals surface area contributed by atoms with Crippen LogP contribution in [0.2, 0.25) is 5.02 Å². The minimum atomic E-state index is -4.29. The Morgan fingerprint density at radius 1 is 0.732 bits per heavy atom. The highest BCUT2D eigenvalue weighted by atomic mass is 35.5. The van der Waals surface area contributed by atoms with Gasteiger partial charge in [0.2, 0.25) is 9.84 Å². The second-order valence-corrected chi connectivity index (χ2v) is 13.5. The van der Waals surface area contributed by atoms with Gasteiger partial charge in [-0.05, 0) is 61.0 Å². The summed E-state index contributed by atoms with van der Waals surface area (Å²) in [7, 11) is -8.55. The number of rotatable bonds is 7. The largest absolute Gasteiger partial charge is 0.305 e. The van der Waals surface area contributed by atoms with Crippen LogP contribution in [0.3, 0.4) is 0 Å². The monoisotopic (exact) mass is 602 g/mol. The van der Waals surface area contributed by atoms with E-state index in [4.69, 9.17) is 21.6 Å². The molecule has 4 aromatic carbocycles. The maximum absolute atomic E-state index is 14.3. The maximum atomic E-state index is 14.3. The number of sulfone groups is 1. The zero-order chi connectivity index (χ0) is 28.8. The van der Waals surface area contributed by atoms with Crippen LogP contribution in [-0.4, -0.2) is 31.4 Å². The smallest absolute Gasteiger partial charge is 0.263 e. The summed E-state index contributed by atoms with van der Waals surface area (Å²) in [6, 6.07) is 28.4. The molecule has 41 heavy (non-hydrogen) atoms. The van der Waals surface area contributed by atoms with Crippen LogP contribution < -0.4 is 4.72 Å². The maximum Gasteiger partial charge on any atom is 0.263 e. The number of nitrogens with one attached hydrogen (secondary N) is 1. The molecule has 0 saturated carbocycles. The SMILES string of the molecule is Cc1ccc(S(=O)(=O)c2c(NS(=O)(=O)c3ccc(Cl)cc3)n(Cc3ccccc3)c3nc4ccccc4nc23)cc1. The summed E-state index contributed by atoms with van der Waals surface area (Å²) in [6.07, 6.45) is 0. The zero-order valence-electron chi connectivity index (χ0n) is 21.7. The quantitative estimate of drug-likeness (QED) is 0.232. The fraction of sp³-hybridized carbons (Fsp3) is 0.0667. The third kappa shape index (κ3) is 5.06. The molecule has 6 aromatic rings. The van der Waals surface area contributed by atoms with E-state index in [-0.39, 0.29) is 38.2 Å². The van der Waals surface area contributed by atoms with Gasteiger partial charge in [-0.25, -0.2) is 26.8 Å². The minimum Gasteiger partial charge on any atom is -0.305 e. The molecule has 1 N–H and O–H groups in total. The van der Waals surface area contributed by atoms with Crippen LogP contribution >= 0.6 is 11.6 Å². The van der Waals surface area contributed by atoms with Crippen LogP contribution in [-0.2, 0) is 26.4 Å². The van der Waals surface area contributed by atoms with E-state index in [0.29, 0.717) is 16.1 Å². The topological polar surface area (TPSA) is 111 Å². The predicted molar refractivity (Wildman–Crippen MR) is 159 cm³/mol. The van der Waals surface area contributed by atoms with Gasteiger partial charge in [0.1, 0.15) is 16.2 Å². The Morgan fingerprint density at radius 2 is 1.32 bits per heavy atom. The average molecular weight is 603 g/mol. The van der Waals surface area contributed by atoms with Crippen molar-refractivity contribution in [2.45, 2.75) is 28.2 Å². The van der Waals surface area contributed by atoms with Gasteiger partial charge in [0, 0.05) is 5.02 Å². The molecule has 0 aliphatic carbocycles. The first-order valence-electron chi connectivity index (χ1n) is 12.6. The Morgan fingerprint density at radius 3 is 1.98 bits per heavy atom. The molecule has 0 amide bonds. The number of para-hydroxylation sites is 2. The van der Waals surface area contributed by atoms with Gasteiger partial charge in [0.25, 0.3) is 10.0 Å². The van der Waals surface area contributed by atoms with Crippen LogP contribution in [0.15, 0.2) is 118 Å². The van der Waals surface area contributed by atoms with E-state index in [1.807, 2.05) is 37.3 Å². The number of nitrogens with zero attached hydrogens (tertiary/aromatic N) is 3. The molecule has 0 spiro atoms. The fourth-order valence-electron chi connectivity index (χ4n) is 4.58. The number of benzene rings is 4.